The standard InChI is InChI=1S/C11H11N5O2/c1-7-5-10(17)14-11(13-7)16-15-8(6-12)9-3-2-4-18-9/h2-5,8,15H,1H3,(H2,13,14,16,17)/t8-/m0/s1. The maximum Gasteiger partial charge on any atom is 0.252 e. The van der Waals surface area contributed by atoms with Gasteiger partial charge in [-0.1, -0.05) is 0 Å². The Hall–Kier alpha value is -2.59. The molecular weight excluding hydrogens is 234 g/mol. The van der Waals surface area contributed by atoms with Gasteiger partial charge >= 0.3 is 0 Å². The van der Waals surface area contributed by atoms with E-state index >= 15 is 0 Å². The summed E-state index contributed by atoms with van der Waals surface area (Å²) in [6, 6.07) is 6.08. The summed E-state index contributed by atoms with van der Waals surface area (Å²) in [6.07, 6.45) is 1.48. The van der Waals surface area contributed by atoms with E-state index in [1.807, 2.05) is 6.07 Å². The van der Waals surface area contributed by atoms with E-state index in [0.717, 1.165) is 0 Å². The Morgan fingerprint density at radius 2 is 2.44 bits per heavy atom. The van der Waals surface area contributed by atoms with Crippen molar-refractivity contribution in [2.75, 3.05) is 5.43 Å². The minimum Gasteiger partial charge on any atom is -0.466 e. The number of nitrogens with one attached hydrogen (secondary N) is 3. The molecule has 1 atom stereocenters. The number of nitriles is 1. The molecule has 0 aliphatic rings. The first-order chi connectivity index (χ1) is 8.69. The van der Waals surface area contributed by atoms with Gasteiger partial charge in [0, 0.05) is 11.8 Å². The van der Waals surface area contributed by atoms with Crippen LogP contribution in [0.1, 0.15) is 17.5 Å². The van der Waals surface area contributed by atoms with Crippen molar-refractivity contribution in [3.05, 3.63) is 46.3 Å². The van der Waals surface area contributed by atoms with Crippen LogP contribution in [0.15, 0.2) is 33.7 Å². The van der Waals surface area contributed by atoms with Crippen molar-refractivity contribution in [1.29, 1.82) is 5.26 Å². The smallest absolute Gasteiger partial charge is 0.252 e. The second-order valence-electron chi connectivity index (χ2n) is 3.58. The summed E-state index contributed by atoms with van der Waals surface area (Å²) in [5.74, 6) is 0.715. The van der Waals surface area contributed by atoms with Crippen LogP contribution in [0.3, 0.4) is 0 Å². The van der Waals surface area contributed by atoms with Crippen molar-refractivity contribution in [2.45, 2.75) is 13.0 Å². The molecule has 0 unspecified atom stereocenters. The molecule has 0 aliphatic heterocycles. The third-order valence-electron chi connectivity index (χ3n) is 2.16. The van der Waals surface area contributed by atoms with Gasteiger partial charge in [0.25, 0.3) is 5.56 Å². The molecule has 0 spiro atoms. The lowest BCUT2D eigenvalue weighted by Crippen LogP contribution is -2.28. The van der Waals surface area contributed by atoms with Crippen molar-refractivity contribution in [2.24, 2.45) is 0 Å². The fourth-order valence-corrected chi connectivity index (χ4v) is 1.40. The number of rotatable bonds is 4. The molecule has 0 aromatic carbocycles. The average molecular weight is 245 g/mol. The van der Waals surface area contributed by atoms with Crippen LogP contribution in [0.2, 0.25) is 0 Å². The second kappa shape index (κ2) is 5.16. The number of hydrazine groups is 1. The molecular formula is C11H11N5O2. The highest BCUT2D eigenvalue weighted by Gasteiger charge is 2.12. The summed E-state index contributed by atoms with van der Waals surface area (Å²) in [5.41, 5.74) is 5.68. The number of aryl methyl sites for hydroxylation is 1. The van der Waals surface area contributed by atoms with Gasteiger partial charge in [-0.05, 0) is 19.1 Å². The fraction of sp³-hybridized carbons (Fsp3) is 0.182. The Balaban J connectivity index is 2.07. The number of aromatic amines is 1. The molecule has 0 radical (unpaired) electrons. The molecule has 7 nitrogen and oxygen atoms in total. The van der Waals surface area contributed by atoms with E-state index in [9.17, 15) is 4.79 Å². The average Bonchev–Trinajstić information content (AvgIpc) is 2.82. The summed E-state index contributed by atoms with van der Waals surface area (Å²) in [6.45, 7) is 1.70. The Bertz CT molecular complexity index is 611. The van der Waals surface area contributed by atoms with Crippen molar-refractivity contribution in [3.8, 4) is 6.07 Å². The fourth-order valence-electron chi connectivity index (χ4n) is 1.40. The lowest BCUT2D eigenvalue weighted by molar-refractivity contribution is 0.471. The number of nitrogens with zero attached hydrogens (tertiary/aromatic N) is 2. The zero-order valence-electron chi connectivity index (χ0n) is 9.60. The van der Waals surface area contributed by atoms with Gasteiger partial charge in [-0.2, -0.15) is 5.26 Å². The molecule has 0 fully saturated rings. The van der Waals surface area contributed by atoms with Gasteiger partial charge < -0.3 is 4.42 Å². The number of H-pyrrole nitrogens is 1. The minimum absolute atomic E-state index is 0.242. The van der Waals surface area contributed by atoms with Gasteiger partial charge in [0.15, 0.2) is 6.04 Å². The molecule has 7 heteroatoms. The van der Waals surface area contributed by atoms with Crippen molar-refractivity contribution >= 4 is 5.95 Å². The normalized spacial score (nSPS) is 11.8. The molecule has 2 aromatic rings. The number of hydrogen-bond acceptors (Lipinski definition) is 6. The van der Waals surface area contributed by atoms with Gasteiger partial charge in [0.2, 0.25) is 5.95 Å². The lowest BCUT2D eigenvalue weighted by Gasteiger charge is -2.10. The van der Waals surface area contributed by atoms with E-state index in [-0.39, 0.29) is 11.5 Å². The molecule has 0 amide bonds. The molecule has 92 valence electrons. The highest BCUT2D eigenvalue weighted by molar-refractivity contribution is 5.25. The van der Waals surface area contributed by atoms with Crippen LogP contribution in [0.4, 0.5) is 5.95 Å². The van der Waals surface area contributed by atoms with Crippen LogP contribution in [0, 0.1) is 18.3 Å². The number of aromatic nitrogens is 2. The van der Waals surface area contributed by atoms with Gasteiger partial charge in [-0.3, -0.25) is 15.2 Å². The van der Waals surface area contributed by atoms with Gasteiger partial charge in [-0.25, -0.2) is 10.4 Å². The maximum atomic E-state index is 11.2. The molecule has 0 aliphatic carbocycles. The number of anilines is 1. The molecule has 0 saturated carbocycles. The monoisotopic (exact) mass is 245 g/mol. The predicted octanol–water partition coefficient (Wildman–Crippen LogP) is 0.853. The van der Waals surface area contributed by atoms with Gasteiger partial charge in [-0.15, -0.1) is 0 Å². The Morgan fingerprint density at radius 1 is 1.61 bits per heavy atom. The van der Waals surface area contributed by atoms with E-state index in [4.69, 9.17) is 9.68 Å². The van der Waals surface area contributed by atoms with E-state index in [1.54, 1.807) is 19.1 Å². The molecule has 2 aromatic heterocycles. The zero-order chi connectivity index (χ0) is 13.0. The van der Waals surface area contributed by atoms with Crippen LogP contribution in [0.25, 0.3) is 0 Å². The van der Waals surface area contributed by atoms with E-state index in [0.29, 0.717) is 11.5 Å². The first kappa shape index (κ1) is 11.9. The summed E-state index contributed by atoms with van der Waals surface area (Å²) < 4.78 is 5.11. The molecule has 0 saturated heterocycles. The molecule has 18 heavy (non-hydrogen) atoms. The van der Waals surface area contributed by atoms with Crippen LogP contribution in [0.5, 0.6) is 0 Å². The predicted molar refractivity (Wildman–Crippen MR) is 63.4 cm³/mol. The zero-order valence-corrected chi connectivity index (χ0v) is 9.60. The SMILES string of the molecule is Cc1cc(=O)[nH]c(NN[C@@H](C#N)c2ccco2)n1. The van der Waals surface area contributed by atoms with Crippen LogP contribution in [-0.2, 0) is 0 Å². The lowest BCUT2D eigenvalue weighted by atomic mass is 10.3. The van der Waals surface area contributed by atoms with Crippen LogP contribution < -0.4 is 16.4 Å². The highest BCUT2D eigenvalue weighted by Crippen LogP contribution is 2.11. The third kappa shape index (κ3) is 2.75. The van der Waals surface area contributed by atoms with E-state index in [1.165, 1.54) is 12.3 Å². The number of furan rings is 1. The summed E-state index contributed by atoms with van der Waals surface area (Å²) in [7, 11) is 0. The third-order valence-corrected chi connectivity index (χ3v) is 2.16. The Morgan fingerprint density at radius 3 is 3.06 bits per heavy atom. The largest absolute Gasteiger partial charge is 0.466 e. The summed E-state index contributed by atoms with van der Waals surface area (Å²) in [5, 5.41) is 8.98. The first-order valence-electron chi connectivity index (χ1n) is 5.21. The molecule has 2 rings (SSSR count). The van der Waals surface area contributed by atoms with E-state index < -0.39 is 6.04 Å². The minimum atomic E-state index is -0.675. The van der Waals surface area contributed by atoms with Crippen molar-refractivity contribution in [3.63, 3.8) is 0 Å². The second-order valence-corrected chi connectivity index (χ2v) is 3.58. The highest BCUT2D eigenvalue weighted by atomic mass is 16.3. The quantitative estimate of drug-likeness (QED) is 0.689. The van der Waals surface area contributed by atoms with E-state index in [2.05, 4.69) is 20.8 Å². The topological polar surface area (TPSA) is 107 Å². The van der Waals surface area contributed by atoms with Gasteiger partial charge in [0.1, 0.15) is 5.76 Å². The molecule has 0 bridgehead atoms. The first-order valence-corrected chi connectivity index (χ1v) is 5.21. The number of hydrogen-bond donors (Lipinski definition) is 3. The molecule has 3 N–H and O–H groups in total. The van der Waals surface area contributed by atoms with Crippen LogP contribution >= 0.6 is 0 Å². The summed E-state index contributed by atoms with van der Waals surface area (Å²) >= 11 is 0. The summed E-state index contributed by atoms with van der Waals surface area (Å²) in [4.78, 5) is 17.8. The van der Waals surface area contributed by atoms with Crippen LogP contribution in [-0.4, -0.2) is 9.97 Å². The molecule has 2 heterocycles. The van der Waals surface area contributed by atoms with Crippen molar-refractivity contribution < 1.29 is 4.42 Å². The Labute approximate surface area is 102 Å². The van der Waals surface area contributed by atoms with Gasteiger partial charge in [0.05, 0.1) is 12.3 Å². The maximum absolute atomic E-state index is 11.2. The van der Waals surface area contributed by atoms with Crippen molar-refractivity contribution in [1.82, 2.24) is 15.4 Å². The Kier molecular flexibility index (Phi) is 3.41.